The SMILES string of the molecule is CC(C)(O)c1ccc(N2CCN(S(=O)(=O)c3cnc(Cl)c(F)c3)CC2)cc1. The Labute approximate surface area is 163 Å². The smallest absolute Gasteiger partial charge is 0.244 e. The summed E-state index contributed by atoms with van der Waals surface area (Å²) in [4.78, 5) is 5.45. The zero-order chi connectivity index (χ0) is 19.8. The van der Waals surface area contributed by atoms with Crippen molar-refractivity contribution in [1.29, 1.82) is 0 Å². The van der Waals surface area contributed by atoms with Crippen LogP contribution < -0.4 is 4.90 Å². The molecule has 1 fully saturated rings. The van der Waals surface area contributed by atoms with Crippen LogP contribution in [-0.2, 0) is 15.6 Å². The predicted octanol–water partition coefficient (Wildman–Crippen LogP) is 2.61. The number of aromatic nitrogens is 1. The van der Waals surface area contributed by atoms with Gasteiger partial charge in [-0.1, -0.05) is 23.7 Å². The summed E-state index contributed by atoms with van der Waals surface area (Å²) in [6.45, 7) is 5.01. The summed E-state index contributed by atoms with van der Waals surface area (Å²) in [6.07, 6.45) is 1.07. The first-order valence-electron chi connectivity index (χ1n) is 8.48. The van der Waals surface area contributed by atoms with Crippen molar-refractivity contribution in [3.05, 3.63) is 53.1 Å². The summed E-state index contributed by atoms with van der Waals surface area (Å²) in [5.41, 5.74) is 0.858. The lowest BCUT2D eigenvalue weighted by Gasteiger charge is -2.35. The first-order valence-corrected chi connectivity index (χ1v) is 10.3. The maximum atomic E-state index is 13.6. The maximum absolute atomic E-state index is 13.6. The van der Waals surface area contributed by atoms with Gasteiger partial charge in [-0.05, 0) is 37.6 Å². The van der Waals surface area contributed by atoms with Gasteiger partial charge in [0, 0.05) is 38.1 Å². The number of piperazine rings is 1. The average molecular weight is 414 g/mol. The zero-order valence-electron chi connectivity index (χ0n) is 15.1. The largest absolute Gasteiger partial charge is 0.386 e. The Kier molecular flexibility index (Phi) is 5.45. The van der Waals surface area contributed by atoms with Crippen molar-refractivity contribution in [2.45, 2.75) is 24.3 Å². The summed E-state index contributed by atoms with van der Waals surface area (Å²) >= 11 is 5.53. The number of benzene rings is 1. The number of anilines is 1. The standard InChI is InChI=1S/C18H21ClFN3O3S/c1-18(2,24)13-3-5-14(6-4-13)22-7-9-23(10-8-22)27(25,26)15-11-16(20)17(19)21-12-15/h3-6,11-12,24H,7-10H2,1-2H3. The van der Waals surface area contributed by atoms with E-state index in [1.807, 2.05) is 24.3 Å². The van der Waals surface area contributed by atoms with Gasteiger partial charge in [0.25, 0.3) is 0 Å². The maximum Gasteiger partial charge on any atom is 0.244 e. The summed E-state index contributed by atoms with van der Waals surface area (Å²) in [5.74, 6) is -0.858. The molecular weight excluding hydrogens is 393 g/mol. The van der Waals surface area contributed by atoms with Crippen molar-refractivity contribution in [1.82, 2.24) is 9.29 Å². The second-order valence-electron chi connectivity index (χ2n) is 6.94. The van der Waals surface area contributed by atoms with Crippen LogP contribution in [0.4, 0.5) is 10.1 Å². The summed E-state index contributed by atoms with van der Waals surface area (Å²) < 4.78 is 40.2. The fourth-order valence-corrected chi connectivity index (χ4v) is 4.44. The van der Waals surface area contributed by atoms with Crippen LogP contribution in [0.25, 0.3) is 0 Å². The minimum atomic E-state index is -3.82. The van der Waals surface area contributed by atoms with Crippen LogP contribution in [0.3, 0.4) is 0 Å². The Bertz CT molecular complexity index is 922. The van der Waals surface area contributed by atoms with E-state index in [2.05, 4.69) is 9.88 Å². The summed E-state index contributed by atoms with van der Waals surface area (Å²) in [7, 11) is -3.82. The molecule has 146 valence electrons. The average Bonchev–Trinajstić information content (AvgIpc) is 2.63. The lowest BCUT2D eigenvalue weighted by atomic mass is 9.98. The van der Waals surface area contributed by atoms with Gasteiger partial charge in [-0.3, -0.25) is 0 Å². The molecule has 1 aliphatic heterocycles. The molecule has 0 saturated carbocycles. The van der Waals surface area contributed by atoms with Crippen molar-refractivity contribution in [3.8, 4) is 0 Å². The molecular formula is C18H21ClFN3O3S. The van der Waals surface area contributed by atoms with Gasteiger partial charge in [0.2, 0.25) is 10.0 Å². The Morgan fingerprint density at radius 1 is 1.15 bits per heavy atom. The molecule has 0 aliphatic carbocycles. The zero-order valence-corrected chi connectivity index (χ0v) is 16.6. The number of halogens is 2. The lowest BCUT2D eigenvalue weighted by molar-refractivity contribution is 0.0786. The van der Waals surface area contributed by atoms with E-state index in [0.29, 0.717) is 13.1 Å². The van der Waals surface area contributed by atoms with E-state index in [1.54, 1.807) is 13.8 Å². The highest BCUT2D eigenvalue weighted by molar-refractivity contribution is 7.89. The van der Waals surface area contributed by atoms with Gasteiger partial charge in [-0.25, -0.2) is 17.8 Å². The molecule has 0 amide bonds. The van der Waals surface area contributed by atoms with Gasteiger partial charge in [0.1, 0.15) is 4.90 Å². The first-order chi connectivity index (χ1) is 12.6. The molecule has 2 heterocycles. The molecule has 0 atom stereocenters. The molecule has 0 unspecified atom stereocenters. The molecule has 1 N–H and O–H groups in total. The molecule has 6 nitrogen and oxygen atoms in total. The number of aliphatic hydroxyl groups is 1. The quantitative estimate of drug-likeness (QED) is 0.780. The van der Waals surface area contributed by atoms with Crippen LogP contribution in [0, 0.1) is 5.82 Å². The Balaban J connectivity index is 1.70. The monoisotopic (exact) mass is 413 g/mol. The highest BCUT2D eigenvalue weighted by Gasteiger charge is 2.29. The van der Waals surface area contributed by atoms with E-state index < -0.39 is 21.4 Å². The van der Waals surface area contributed by atoms with Gasteiger partial charge >= 0.3 is 0 Å². The summed E-state index contributed by atoms with van der Waals surface area (Å²) in [6, 6.07) is 8.44. The number of hydrogen-bond acceptors (Lipinski definition) is 5. The van der Waals surface area contributed by atoms with Crippen molar-refractivity contribution < 1.29 is 17.9 Å². The number of rotatable bonds is 4. The molecule has 1 saturated heterocycles. The van der Waals surface area contributed by atoms with E-state index in [4.69, 9.17) is 11.6 Å². The second-order valence-corrected chi connectivity index (χ2v) is 9.24. The van der Waals surface area contributed by atoms with Crippen molar-refractivity contribution in [2.24, 2.45) is 0 Å². The third-order valence-electron chi connectivity index (χ3n) is 4.59. The van der Waals surface area contributed by atoms with Crippen LogP contribution >= 0.6 is 11.6 Å². The third kappa shape index (κ3) is 4.24. The fourth-order valence-electron chi connectivity index (χ4n) is 2.96. The lowest BCUT2D eigenvalue weighted by Crippen LogP contribution is -2.48. The van der Waals surface area contributed by atoms with E-state index in [-0.39, 0.29) is 23.1 Å². The Hall–Kier alpha value is -1.74. The van der Waals surface area contributed by atoms with E-state index >= 15 is 0 Å². The van der Waals surface area contributed by atoms with Crippen molar-refractivity contribution in [2.75, 3.05) is 31.1 Å². The van der Waals surface area contributed by atoms with Gasteiger partial charge in [-0.2, -0.15) is 4.31 Å². The molecule has 3 rings (SSSR count). The van der Waals surface area contributed by atoms with Gasteiger partial charge in [-0.15, -0.1) is 0 Å². The topological polar surface area (TPSA) is 73.7 Å². The molecule has 9 heteroatoms. The summed E-state index contributed by atoms with van der Waals surface area (Å²) in [5, 5.41) is 9.68. The first kappa shape index (κ1) is 20.0. The van der Waals surface area contributed by atoms with E-state index in [1.165, 1.54) is 4.31 Å². The van der Waals surface area contributed by atoms with Crippen molar-refractivity contribution >= 4 is 27.3 Å². The number of pyridine rings is 1. The van der Waals surface area contributed by atoms with Crippen LogP contribution in [0.15, 0.2) is 41.4 Å². The number of nitrogens with zero attached hydrogens (tertiary/aromatic N) is 3. The number of sulfonamides is 1. The normalized spacial score (nSPS) is 16.6. The highest BCUT2D eigenvalue weighted by Crippen LogP contribution is 2.25. The minimum Gasteiger partial charge on any atom is -0.386 e. The highest BCUT2D eigenvalue weighted by atomic mass is 35.5. The molecule has 1 aromatic heterocycles. The van der Waals surface area contributed by atoms with Crippen LogP contribution in [0.2, 0.25) is 5.15 Å². The van der Waals surface area contributed by atoms with Crippen LogP contribution in [0.1, 0.15) is 19.4 Å². The minimum absolute atomic E-state index is 0.201. The fraction of sp³-hybridized carbons (Fsp3) is 0.389. The molecule has 1 aliphatic rings. The number of hydrogen-bond donors (Lipinski definition) is 1. The van der Waals surface area contributed by atoms with Crippen LogP contribution in [-0.4, -0.2) is 49.0 Å². The van der Waals surface area contributed by atoms with Crippen LogP contribution in [0.5, 0.6) is 0 Å². The molecule has 2 aromatic rings. The second kappa shape index (κ2) is 7.35. The molecule has 0 spiro atoms. The van der Waals surface area contributed by atoms with E-state index in [0.717, 1.165) is 23.5 Å². The molecule has 1 aromatic carbocycles. The van der Waals surface area contributed by atoms with Gasteiger partial charge in [0.05, 0.1) is 5.60 Å². The predicted molar refractivity (Wildman–Crippen MR) is 102 cm³/mol. The van der Waals surface area contributed by atoms with Gasteiger partial charge in [0.15, 0.2) is 11.0 Å². The Morgan fingerprint density at radius 3 is 2.26 bits per heavy atom. The Morgan fingerprint density at radius 2 is 1.74 bits per heavy atom. The van der Waals surface area contributed by atoms with Gasteiger partial charge < -0.3 is 10.0 Å². The van der Waals surface area contributed by atoms with E-state index in [9.17, 15) is 17.9 Å². The molecule has 0 bridgehead atoms. The molecule has 0 radical (unpaired) electrons. The molecule has 27 heavy (non-hydrogen) atoms. The van der Waals surface area contributed by atoms with Crippen molar-refractivity contribution in [3.63, 3.8) is 0 Å². The third-order valence-corrected chi connectivity index (χ3v) is 6.73.